The molecule has 2 N–H and O–H groups in total. The average Bonchev–Trinajstić information content (AvgIpc) is 2.63. The van der Waals surface area contributed by atoms with Gasteiger partial charge in [-0.15, -0.1) is 0 Å². The van der Waals surface area contributed by atoms with E-state index in [2.05, 4.69) is 21.1 Å². The minimum absolute atomic E-state index is 0.194. The van der Waals surface area contributed by atoms with Gasteiger partial charge in [-0.05, 0) is 45.9 Å². The number of hydrazone groups is 2. The molecule has 0 aliphatic carbocycles. The van der Waals surface area contributed by atoms with Gasteiger partial charge in [0.15, 0.2) is 0 Å². The summed E-state index contributed by atoms with van der Waals surface area (Å²) in [7, 11) is -0.388. The van der Waals surface area contributed by atoms with Crippen LogP contribution in [0.4, 0.5) is 37.7 Å². The first kappa shape index (κ1) is 22.0. The van der Waals surface area contributed by atoms with Crippen molar-refractivity contribution < 1.29 is 26.3 Å². The average molecular weight is 438 g/mol. The highest BCUT2D eigenvalue weighted by molar-refractivity contribution is 8.87. The minimum atomic E-state index is -4.94. The number of para-hydroxylation sites is 2. The second-order valence-electron chi connectivity index (χ2n) is 4.95. The highest BCUT2D eigenvalue weighted by Gasteiger charge is 2.42. The van der Waals surface area contributed by atoms with Crippen molar-refractivity contribution >= 4 is 43.1 Å². The summed E-state index contributed by atoms with van der Waals surface area (Å²) in [5.74, 6) is 0. The number of hydrogen-bond acceptors (Lipinski definition) is 6. The number of nitrogens with zero attached hydrogens (tertiary/aromatic N) is 2. The monoisotopic (exact) mass is 438 g/mol. The first-order valence-corrected chi connectivity index (χ1v) is 9.57. The van der Waals surface area contributed by atoms with Crippen LogP contribution in [0.2, 0.25) is 0 Å². The van der Waals surface area contributed by atoms with Crippen LogP contribution in [0.25, 0.3) is 0 Å². The van der Waals surface area contributed by atoms with Gasteiger partial charge in [0, 0.05) is 0 Å². The number of benzene rings is 2. The summed E-state index contributed by atoms with van der Waals surface area (Å²) < 4.78 is 78.5. The molecule has 0 aliphatic heterocycles. The van der Waals surface area contributed by atoms with Gasteiger partial charge in [0.2, 0.25) is 10.1 Å². The molecule has 0 spiro atoms. The van der Waals surface area contributed by atoms with Gasteiger partial charge in [0.25, 0.3) is 0 Å². The van der Waals surface area contributed by atoms with Gasteiger partial charge < -0.3 is 0 Å². The first-order chi connectivity index (χ1) is 13.2. The molecular weight excluding hydrogens is 426 g/mol. The van der Waals surface area contributed by atoms with Crippen molar-refractivity contribution in [1.82, 2.24) is 0 Å². The van der Waals surface area contributed by atoms with Crippen LogP contribution in [-0.4, -0.2) is 22.4 Å². The third kappa shape index (κ3) is 7.35. The number of rotatable bonds is 4. The maximum Gasteiger partial charge on any atom is 0.442 e. The van der Waals surface area contributed by atoms with Crippen molar-refractivity contribution in [3.63, 3.8) is 0 Å². The summed E-state index contributed by atoms with van der Waals surface area (Å²) in [6, 6.07) is 15.4. The van der Waals surface area contributed by atoms with Gasteiger partial charge in [-0.3, -0.25) is 10.9 Å². The number of hydrogen-bond donors (Lipinski definition) is 2. The molecule has 2 aromatic rings. The summed E-state index contributed by atoms with van der Waals surface area (Å²) in [6.07, 6.45) is -9.88. The van der Waals surface area contributed by atoms with E-state index in [1.54, 1.807) is 36.4 Å². The van der Waals surface area contributed by atoms with Gasteiger partial charge in [-0.1, -0.05) is 36.4 Å². The van der Waals surface area contributed by atoms with Crippen LogP contribution in [0.1, 0.15) is 0 Å². The summed E-state index contributed by atoms with van der Waals surface area (Å²) in [6.45, 7) is 0. The fourth-order valence-corrected chi connectivity index (χ4v) is 3.37. The van der Waals surface area contributed by atoms with Gasteiger partial charge >= 0.3 is 12.4 Å². The first-order valence-electron chi connectivity index (χ1n) is 7.42. The molecule has 0 fully saturated rings. The van der Waals surface area contributed by atoms with Crippen LogP contribution < -0.4 is 10.9 Å². The Morgan fingerprint density at radius 2 is 0.929 bits per heavy atom. The third-order valence-corrected chi connectivity index (χ3v) is 5.05. The minimum Gasteiger partial charge on any atom is -0.277 e. The number of anilines is 2. The molecule has 0 saturated carbocycles. The Morgan fingerprint density at radius 3 is 1.21 bits per heavy atom. The van der Waals surface area contributed by atoms with Gasteiger partial charge in [0.05, 0.1) is 11.4 Å². The zero-order chi connectivity index (χ0) is 20.6. The highest BCUT2D eigenvalue weighted by Crippen LogP contribution is 2.38. The Balaban J connectivity index is 2.12. The zero-order valence-corrected chi connectivity index (χ0v) is 15.4. The molecule has 12 heteroatoms. The van der Waals surface area contributed by atoms with Crippen molar-refractivity contribution in [2.45, 2.75) is 12.4 Å². The number of nitrogens with one attached hydrogen (secondary N) is 2. The molecule has 4 nitrogen and oxygen atoms in total. The highest BCUT2D eigenvalue weighted by atomic mass is 33.1. The third-order valence-electron chi connectivity index (χ3n) is 2.81. The second kappa shape index (κ2) is 9.73. The van der Waals surface area contributed by atoms with E-state index in [4.69, 9.17) is 0 Å². The molecular formula is C16H12F6N4S2. The number of alkyl halides is 6. The predicted molar refractivity (Wildman–Crippen MR) is 102 cm³/mol. The molecule has 0 heterocycles. The number of halogens is 6. The Morgan fingerprint density at radius 1 is 0.607 bits per heavy atom. The summed E-state index contributed by atoms with van der Waals surface area (Å²) >= 11 is 0. The van der Waals surface area contributed by atoms with E-state index >= 15 is 0 Å². The lowest BCUT2D eigenvalue weighted by Gasteiger charge is -2.13. The Kier molecular flexibility index (Phi) is 7.63. The Labute approximate surface area is 163 Å². The van der Waals surface area contributed by atoms with Crippen LogP contribution >= 0.6 is 21.6 Å². The predicted octanol–water partition coefficient (Wildman–Crippen LogP) is 6.34. The van der Waals surface area contributed by atoms with E-state index < -0.39 is 22.4 Å². The zero-order valence-electron chi connectivity index (χ0n) is 13.8. The van der Waals surface area contributed by atoms with E-state index in [-0.39, 0.29) is 33.0 Å². The SMILES string of the molecule is FC(F)(F)C(=NNc1ccccc1)SSC(=NNc1ccccc1)C(F)(F)F. The van der Waals surface area contributed by atoms with Crippen molar-refractivity contribution in [2.75, 3.05) is 10.9 Å². The van der Waals surface area contributed by atoms with E-state index in [1.807, 2.05) is 0 Å². The van der Waals surface area contributed by atoms with Crippen LogP contribution in [0, 0.1) is 0 Å². The molecule has 0 saturated heterocycles. The molecule has 0 unspecified atom stereocenters. The van der Waals surface area contributed by atoms with E-state index in [1.165, 1.54) is 24.3 Å². The van der Waals surface area contributed by atoms with Crippen molar-refractivity contribution in [2.24, 2.45) is 10.2 Å². The Bertz CT molecular complexity index is 738. The van der Waals surface area contributed by atoms with Crippen LogP contribution in [0.3, 0.4) is 0 Å². The van der Waals surface area contributed by atoms with Crippen molar-refractivity contribution in [3.05, 3.63) is 60.7 Å². The lowest BCUT2D eigenvalue weighted by molar-refractivity contribution is -0.0565. The van der Waals surface area contributed by atoms with Crippen LogP contribution in [0.15, 0.2) is 70.9 Å². The van der Waals surface area contributed by atoms with Crippen molar-refractivity contribution in [3.8, 4) is 0 Å². The van der Waals surface area contributed by atoms with E-state index in [9.17, 15) is 26.3 Å². The summed E-state index contributed by atoms with van der Waals surface area (Å²) in [5, 5.41) is 3.38. The smallest absolute Gasteiger partial charge is 0.277 e. The van der Waals surface area contributed by atoms with Gasteiger partial charge in [-0.2, -0.15) is 36.5 Å². The molecule has 28 heavy (non-hydrogen) atoms. The van der Waals surface area contributed by atoms with Crippen LogP contribution in [0.5, 0.6) is 0 Å². The molecule has 0 atom stereocenters. The van der Waals surface area contributed by atoms with Crippen LogP contribution in [-0.2, 0) is 0 Å². The molecule has 0 aliphatic rings. The molecule has 0 aromatic heterocycles. The fourth-order valence-electron chi connectivity index (χ4n) is 1.59. The molecule has 2 rings (SSSR count). The summed E-state index contributed by atoms with van der Waals surface area (Å²) in [4.78, 5) is 0. The molecule has 0 bridgehead atoms. The standard InChI is InChI=1S/C16H12F6N4S2/c17-15(18,19)13(25-23-11-7-3-1-4-8-11)27-28-14(16(20,21)22)26-24-12-9-5-2-6-10-12/h1-10,23-24H. The second-order valence-corrected chi connectivity index (χ2v) is 7.06. The summed E-state index contributed by atoms with van der Waals surface area (Å²) in [5.41, 5.74) is 4.85. The van der Waals surface area contributed by atoms with E-state index in [0.29, 0.717) is 0 Å². The molecule has 2 aromatic carbocycles. The molecule has 0 radical (unpaired) electrons. The maximum absolute atomic E-state index is 13.1. The topological polar surface area (TPSA) is 48.8 Å². The lowest BCUT2D eigenvalue weighted by Crippen LogP contribution is -2.23. The molecule has 150 valence electrons. The van der Waals surface area contributed by atoms with E-state index in [0.717, 1.165) is 0 Å². The quantitative estimate of drug-likeness (QED) is 0.192. The largest absolute Gasteiger partial charge is 0.442 e. The van der Waals surface area contributed by atoms with Gasteiger partial charge in [-0.25, -0.2) is 0 Å². The van der Waals surface area contributed by atoms with Gasteiger partial charge in [0.1, 0.15) is 0 Å². The van der Waals surface area contributed by atoms with Crippen molar-refractivity contribution in [1.29, 1.82) is 0 Å². The Hall–Kier alpha value is -2.34. The lowest BCUT2D eigenvalue weighted by atomic mass is 10.3. The normalized spacial score (nSPS) is 13.4. The molecule has 0 amide bonds. The maximum atomic E-state index is 13.1. The fraction of sp³-hybridized carbons (Fsp3) is 0.125.